The van der Waals surface area contributed by atoms with Crippen molar-refractivity contribution >= 4 is 17.4 Å². The molecule has 6 heteroatoms. The highest BCUT2D eigenvalue weighted by atomic mass is 16.5. The standard InChI is InChI=1S/C20H27N3O3/c1-5-6-11-23(2)19-10-8-16(14-21-19)22-20(24)13-15-7-9-17(25-3)18(12-15)26-4/h7-10,12,14H,5-6,11,13H2,1-4H3,(H,22,24). The molecule has 0 unspecified atom stereocenters. The van der Waals surface area contributed by atoms with E-state index in [9.17, 15) is 4.79 Å². The Hall–Kier alpha value is -2.76. The van der Waals surface area contributed by atoms with E-state index in [1.54, 1.807) is 26.5 Å². The first-order valence-corrected chi connectivity index (χ1v) is 8.75. The molecule has 6 nitrogen and oxygen atoms in total. The Labute approximate surface area is 155 Å². The second kappa shape index (κ2) is 9.65. The predicted molar refractivity (Wildman–Crippen MR) is 104 cm³/mol. The minimum Gasteiger partial charge on any atom is -0.493 e. The van der Waals surface area contributed by atoms with Gasteiger partial charge in [-0.15, -0.1) is 0 Å². The zero-order valence-corrected chi connectivity index (χ0v) is 15.9. The highest BCUT2D eigenvalue weighted by Gasteiger charge is 2.09. The van der Waals surface area contributed by atoms with Gasteiger partial charge < -0.3 is 19.7 Å². The zero-order valence-electron chi connectivity index (χ0n) is 15.9. The molecule has 1 aromatic heterocycles. The van der Waals surface area contributed by atoms with Gasteiger partial charge in [0.15, 0.2) is 11.5 Å². The van der Waals surface area contributed by atoms with Gasteiger partial charge in [-0.1, -0.05) is 19.4 Å². The number of pyridine rings is 1. The summed E-state index contributed by atoms with van der Waals surface area (Å²) < 4.78 is 10.5. The molecule has 0 radical (unpaired) electrons. The fraction of sp³-hybridized carbons (Fsp3) is 0.400. The third kappa shape index (κ3) is 5.37. The van der Waals surface area contributed by atoms with Gasteiger partial charge in [-0.25, -0.2) is 4.98 Å². The number of rotatable bonds is 9. The van der Waals surface area contributed by atoms with E-state index in [2.05, 4.69) is 22.1 Å². The molecule has 1 heterocycles. The Kier molecular flexibility index (Phi) is 7.26. The monoisotopic (exact) mass is 357 g/mol. The predicted octanol–water partition coefficient (Wildman–Crippen LogP) is 3.52. The van der Waals surface area contributed by atoms with Crippen LogP contribution in [0.25, 0.3) is 0 Å². The number of hydrogen-bond donors (Lipinski definition) is 1. The molecule has 0 aliphatic rings. The van der Waals surface area contributed by atoms with Crippen LogP contribution in [0.3, 0.4) is 0 Å². The number of nitrogens with one attached hydrogen (secondary N) is 1. The highest BCUT2D eigenvalue weighted by molar-refractivity contribution is 5.92. The number of hydrogen-bond acceptors (Lipinski definition) is 5. The number of benzene rings is 1. The van der Waals surface area contributed by atoms with Crippen LogP contribution in [0, 0.1) is 0 Å². The Morgan fingerprint density at radius 2 is 1.92 bits per heavy atom. The van der Waals surface area contributed by atoms with Crippen LogP contribution in [0.5, 0.6) is 11.5 Å². The number of anilines is 2. The van der Waals surface area contributed by atoms with Crippen molar-refractivity contribution in [1.29, 1.82) is 0 Å². The van der Waals surface area contributed by atoms with Crippen LogP contribution >= 0.6 is 0 Å². The van der Waals surface area contributed by atoms with E-state index < -0.39 is 0 Å². The van der Waals surface area contributed by atoms with Gasteiger partial charge in [0.05, 0.1) is 32.5 Å². The number of aromatic nitrogens is 1. The zero-order chi connectivity index (χ0) is 18.9. The maximum absolute atomic E-state index is 12.3. The molecule has 0 fully saturated rings. The first-order valence-electron chi connectivity index (χ1n) is 8.75. The smallest absolute Gasteiger partial charge is 0.228 e. The number of carbonyl (C=O) groups is 1. The fourth-order valence-corrected chi connectivity index (χ4v) is 2.58. The lowest BCUT2D eigenvalue weighted by Gasteiger charge is -2.17. The lowest BCUT2D eigenvalue weighted by molar-refractivity contribution is -0.115. The molecule has 0 aliphatic heterocycles. The molecule has 0 aliphatic carbocycles. The van der Waals surface area contributed by atoms with E-state index in [0.717, 1.165) is 30.8 Å². The summed E-state index contributed by atoms with van der Waals surface area (Å²) in [7, 11) is 5.18. The molecule has 0 atom stereocenters. The normalized spacial score (nSPS) is 10.3. The van der Waals surface area contributed by atoms with Crippen molar-refractivity contribution in [3.05, 3.63) is 42.1 Å². The van der Waals surface area contributed by atoms with E-state index in [1.807, 2.05) is 31.3 Å². The lowest BCUT2D eigenvalue weighted by atomic mass is 10.1. The third-order valence-corrected chi connectivity index (χ3v) is 4.08. The molecule has 1 N–H and O–H groups in total. The molecule has 0 saturated heterocycles. The minimum atomic E-state index is -0.105. The molecule has 2 aromatic rings. The number of amides is 1. The van der Waals surface area contributed by atoms with Crippen LogP contribution in [0.2, 0.25) is 0 Å². The highest BCUT2D eigenvalue weighted by Crippen LogP contribution is 2.27. The van der Waals surface area contributed by atoms with Crippen LogP contribution in [-0.4, -0.2) is 38.7 Å². The summed E-state index contributed by atoms with van der Waals surface area (Å²) in [5.74, 6) is 2.05. The molecular formula is C20H27N3O3. The maximum Gasteiger partial charge on any atom is 0.228 e. The Balaban J connectivity index is 1.95. The van der Waals surface area contributed by atoms with Gasteiger partial charge in [0.2, 0.25) is 5.91 Å². The summed E-state index contributed by atoms with van der Waals surface area (Å²) >= 11 is 0. The minimum absolute atomic E-state index is 0.105. The Bertz CT molecular complexity index is 717. The molecule has 1 amide bonds. The average Bonchev–Trinajstić information content (AvgIpc) is 2.66. The fourth-order valence-electron chi connectivity index (χ4n) is 2.58. The SMILES string of the molecule is CCCCN(C)c1ccc(NC(=O)Cc2ccc(OC)c(OC)c2)cn1. The number of nitrogens with zero attached hydrogens (tertiary/aromatic N) is 2. The number of ether oxygens (including phenoxy) is 2. The van der Waals surface area contributed by atoms with Gasteiger partial charge in [-0.2, -0.15) is 0 Å². The number of carbonyl (C=O) groups excluding carboxylic acids is 1. The molecular weight excluding hydrogens is 330 g/mol. The van der Waals surface area contributed by atoms with Crippen molar-refractivity contribution in [3.8, 4) is 11.5 Å². The average molecular weight is 357 g/mol. The lowest BCUT2D eigenvalue weighted by Crippen LogP contribution is -2.20. The van der Waals surface area contributed by atoms with Crippen molar-refractivity contribution in [3.63, 3.8) is 0 Å². The van der Waals surface area contributed by atoms with Crippen molar-refractivity contribution in [2.24, 2.45) is 0 Å². The molecule has 0 spiro atoms. The first-order chi connectivity index (χ1) is 12.6. The molecule has 0 bridgehead atoms. The topological polar surface area (TPSA) is 63.7 Å². The van der Waals surface area contributed by atoms with Gasteiger partial charge in [0.1, 0.15) is 5.82 Å². The maximum atomic E-state index is 12.3. The van der Waals surface area contributed by atoms with Gasteiger partial charge in [0, 0.05) is 13.6 Å². The van der Waals surface area contributed by atoms with E-state index in [4.69, 9.17) is 9.47 Å². The summed E-state index contributed by atoms with van der Waals surface area (Å²) in [6.07, 6.45) is 4.21. The summed E-state index contributed by atoms with van der Waals surface area (Å²) in [5.41, 5.74) is 1.53. The van der Waals surface area contributed by atoms with Crippen LogP contribution in [0.1, 0.15) is 25.3 Å². The second-order valence-corrected chi connectivity index (χ2v) is 6.09. The van der Waals surface area contributed by atoms with Crippen molar-refractivity contribution in [2.75, 3.05) is 38.0 Å². The van der Waals surface area contributed by atoms with Gasteiger partial charge >= 0.3 is 0 Å². The molecule has 140 valence electrons. The summed E-state index contributed by atoms with van der Waals surface area (Å²) in [5, 5.41) is 2.87. The van der Waals surface area contributed by atoms with Gasteiger partial charge in [-0.3, -0.25) is 4.79 Å². The quantitative estimate of drug-likeness (QED) is 0.744. The summed E-state index contributed by atoms with van der Waals surface area (Å²) in [6.45, 7) is 3.13. The third-order valence-electron chi connectivity index (χ3n) is 4.08. The van der Waals surface area contributed by atoms with Crippen molar-refractivity contribution < 1.29 is 14.3 Å². The summed E-state index contributed by atoms with van der Waals surface area (Å²) in [4.78, 5) is 18.8. The molecule has 1 aromatic carbocycles. The molecule has 0 saturated carbocycles. The van der Waals surface area contributed by atoms with Crippen molar-refractivity contribution in [1.82, 2.24) is 4.98 Å². The van der Waals surface area contributed by atoms with Gasteiger partial charge in [-0.05, 0) is 36.2 Å². The molecule has 26 heavy (non-hydrogen) atoms. The van der Waals surface area contributed by atoms with Crippen LogP contribution in [-0.2, 0) is 11.2 Å². The molecule has 2 rings (SSSR count). The van der Waals surface area contributed by atoms with E-state index in [0.29, 0.717) is 17.2 Å². The number of unbranched alkanes of at least 4 members (excludes halogenated alkanes) is 1. The Morgan fingerprint density at radius 1 is 1.15 bits per heavy atom. The van der Waals surface area contributed by atoms with Crippen LogP contribution in [0.15, 0.2) is 36.5 Å². The second-order valence-electron chi connectivity index (χ2n) is 6.09. The number of methoxy groups -OCH3 is 2. The van der Waals surface area contributed by atoms with Crippen LogP contribution < -0.4 is 19.7 Å². The van der Waals surface area contributed by atoms with E-state index >= 15 is 0 Å². The van der Waals surface area contributed by atoms with E-state index in [1.165, 1.54) is 0 Å². The first kappa shape index (κ1) is 19.6. The van der Waals surface area contributed by atoms with E-state index in [-0.39, 0.29) is 12.3 Å². The Morgan fingerprint density at radius 3 is 2.54 bits per heavy atom. The summed E-state index contributed by atoms with van der Waals surface area (Å²) in [6, 6.07) is 9.25. The van der Waals surface area contributed by atoms with Crippen LogP contribution in [0.4, 0.5) is 11.5 Å². The van der Waals surface area contributed by atoms with Gasteiger partial charge in [0.25, 0.3) is 0 Å². The van der Waals surface area contributed by atoms with Crippen molar-refractivity contribution in [2.45, 2.75) is 26.2 Å². The largest absolute Gasteiger partial charge is 0.493 e.